The van der Waals surface area contributed by atoms with Crippen LogP contribution in [-0.2, 0) is 0 Å². The summed E-state index contributed by atoms with van der Waals surface area (Å²) >= 11 is 4.87. The molecular formula is C5H6N6S. The lowest BCUT2D eigenvalue weighted by Crippen LogP contribution is -2.05. The zero-order valence-corrected chi connectivity index (χ0v) is 6.80. The lowest BCUT2D eigenvalue weighted by molar-refractivity contribution is 0.941. The number of imidazole rings is 1. The van der Waals surface area contributed by atoms with Gasteiger partial charge in [-0.1, -0.05) is 0 Å². The van der Waals surface area contributed by atoms with Crippen molar-refractivity contribution in [3.63, 3.8) is 0 Å². The number of rotatable bonds is 1. The van der Waals surface area contributed by atoms with Crippen LogP contribution in [0.2, 0.25) is 0 Å². The fraction of sp³-hybridized carbons (Fsp3) is 0. The lowest BCUT2D eigenvalue weighted by atomic mass is 10.4. The molecule has 0 saturated heterocycles. The van der Waals surface area contributed by atoms with Crippen LogP contribution in [-0.4, -0.2) is 25.1 Å². The Hall–Kier alpha value is -1.63. The summed E-state index contributed by atoms with van der Waals surface area (Å²) in [4.78, 5) is 2.88. The Bertz CT molecular complexity index is 423. The number of nitrogens with one attached hydrogen (secondary N) is 2. The fourth-order valence-corrected chi connectivity index (χ4v) is 1.03. The van der Waals surface area contributed by atoms with Gasteiger partial charge in [-0.05, 0) is 12.2 Å². The van der Waals surface area contributed by atoms with Crippen molar-refractivity contribution in [2.75, 3.05) is 5.84 Å². The van der Waals surface area contributed by atoms with Gasteiger partial charge < -0.3 is 10.8 Å². The zero-order valence-electron chi connectivity index (χ0n) is 5.98. The third-order valence-electron chi connectivity index (χ3n) is 1.44. The molecule has 0 spiro atoms. The van der Waals surface area contributed by atoms with E-state index < -0.39 is 0 Å². The van der Waals surface area contributed by atoms with Crippen LogP contribution in [0.25, 0.3) is 11.4 Å². The highest BCUT2D eigenvalue weighted by atomic mass is 32.1. The topological polar surface area (TPSA) is 88.3 Å². The molecule has 0 aliphatic rings. The summed E-state index contributed by atoms with van der Waals surface area (Å²) in [5.74, 6) is 5.47. The summed E-state index contributed by atoms with van der Waals surface area (Å²) in [6.07, 6.45) is 3.24. The molecule has 0 saturated carbocycles. The molecule has 0 radical (unpaired) electrons. The van der Waals surface area contributed by atoms with Crippen LogP contribution in [0.3, 0.4) is 0 Å². The van der Waals surface area contributed by atoms with Gasteiger partial charge >= 0.3 is 0 Å². The first-order chi connectivity index (χ1) is 5.77. The number of nitrogens with two attached hydrogens (primary N) is 1. The van der Waals surface area contributed by atoms with Gasteiger partial charge in [0.05, 0.1) is 18.1 Å². The van der Waals surface area contributed by atoms with E-state index in [0.717, 1.165) is 5.69 Å². The van der Waals surface area contributed by atoms with Crippen molar-refractivity contribution in [1.29, 1.82) is 0 Å². The molecule has 2 aromatic rings. The van der Waals surface area contributed by atoms with E-state index in [2.05, 4.69) is 20.4 Å². The third-order valence-corrected chi connectivity index (χ3v) is 1.75. The standard InChI is InChI=1S/C5H6N6S/c6-11-2-4(8-5(11)12)3-1-7-10-9-3/h1-2H,6H2,(H,8,12)(H,7,9,10). The van der Waals surface area contributed by atoms with E-state index in [-0.39, 0.29) is 0 Å². The minimum absolute atomic E-state index is 0.452. The molecule has 0 aromatic carbocycles. The van der Waals surface area contributed by atoms with E-state index in [4.69, 9.17) is 18.1 Å². The predicted molar refractivity (Wildman–Crippen MR) is 45.1 cm³/mol. The molecule has 0 amide bonds. The molecule has 62 valence electrons. The molecule has 7 heteroatoms. The summed E-state index contributed by atoms with van der Waals surface area (Å²) in [7, 11) is 0. The van der Waals surface area contributed by atoms with Gasteiger partial charge in [0.2, 0.25) is 0 Å². The summed E-state index contributed by atoms with van der Waals surface area (Å²) in [6, 6.07) is 0. The molecule has 0 bridgehead atoms. The number of aromatic nitrogens is 5. The molecule has 6 nitrogen and oxygen atoms in total. The lowest BCUT2D eigenvalue weighted by Gasteiger charge is -1.84. The molecule has 12 heavy (non-hydrogen) atoms. The van der Waals surface area contributed by atoms with E-state index in [1.807, 2.05) is 0 Å². The van der Waals surface area contributed by atoms with Crippen LogP contribution in [0, 0.1) is 4.77 Å². The van der Waals surface area contributed by atoms with Crippen molar-refractivity contribution in [2.45, 2.75) is 0 Å². The van der Waals surface area contributed by atoms with Crippen molar-refractivity contribution >= 4 is 12.2 Å². The third kappa shape index (κ3) is 0.996. The van der Waals surface area contributed by atoms with Crippen LogP contribution in [0.4, 0.5) is 0 Å². The van der Waals surface area contributed by atoms with Gasteiger partial charge in [-0.15, -0.1) is 0 Å². The number of aromatic amines is 2. The largest absolute Gasteiger partial charge is 0.337 e. The van der Waals surface area contributed by atoms with Crippen molar-refractivity contribution < 1.29 is 0 Å². The van der Waals surface area contributed by atoms with E-state index in [1.165, 1.54) is 4.68 Å². The molecule has 0 aliphatic carbocycles. The Balaban J connectivity index is 2.56. The van der Waals surface area contributed by atoms with Gasteiger partial charge in [-0.25, -0.2) is 4.68 Å². The number of nitrogens with zero attached hydrogens (tertiary/aromatic N) is 3. The molecule has 0 fully saturated rings. The molecule has 2 heterocycles. The second kappa shape index (κ2) is 2.45. The van der Waals surface area contributed by atoms with Crippen LogP contribution in [0.15, 0.2) is 12.4 Å². The van der Waals surface area contributed by atoms with E-state index in [9.17, 15) is 0 Å². The molecule has 0 aliphatic heterocycles. The quantitative estimate of drug-likeness (QED) is 0.429. The molecular weight excluding hydrogens is 176 g/mol. The Labute approximate surface area is 72.4 Å². The van der Waals surface area contributed by atoms with Crippen molar-refractivity contribution in [2.24, 2.45) is 0 Å². The number of nitrogen functional groups attached to an aromatic ring is 1. The Kier molecular flexibility index (Phi) is 1.44. The SMILES string of the molecule is Nn1cc(-c2cn[nH]n2)[nH]c1=S. The summed E-state index contributed by atoms with van der Waals surface area (Å²) in [5.41, 5.74) is 1.43. The Morgan fingerprint density at radius 3 is 2.92 bits per heavy atom. The minimum Gasteiger partial charge on any atom is -0.337 e. The summed E-state index contributed by atoms with van der Waals surface area (Å²) in [6.45, 7) is 0. The second-order valence-corrected chi connectivity index (χ2v) is 2.62. The van der Waals surface area contributed by atoms with E-state index >= 15 is 0 Å². The van der Waals surface area contributed by atoms with Crippen molar-refractivity contribution in [1.82, 2.24) is 25.1 Å². The first-order valence-electron chi connectivity index (χ1n) is 3.20. The van der Waals surface area contributed by atoms with Gasteiger partial charge in [-0.3, -0.25) is 0 Å². The Morgan fingerprint density at radius 2 is 2.42 bits per heavy atom. The van der Waals surface area contributed by atoms with Gasteiger partial charge in [0.1, 0.15) is 5.69 Å². The van der Waals surface area contributed by atoms with Gasteiger partial charge in [0, 0.05) is 0 Å². The van der Waals surface area contributed by atoms with Gasteiger partial charge in [0.15, 0.2) is 4.77 Å². The van der Waals surface area contributed by atoms with E-state index in [1.54, 1.807) is 12.4 Å². The number of hydrogen-bond acceptors (Lipinski definition) is 4. The molecule has 2 rings (SSSR count). The maximum Gasteiger partial charge on any atom is 0.196 e. The summed E-state index contributed by atoms with van der Waals surface area (Å²) in [5, 5.41) is 10.0. The molecule has 4 N–H and O–H groups in total. The van der Waals surface area contributed by atoms with Crippen LogP contribution < -0.4 is 5.84 Å². The fourth-order valence-electron chi connectivity index (χ4n) is 0.871. The number of H-pyrrole nitrogens is 2. The van der Waals surface area contributed by atoms with E-state index in [0.29, 0.717) is 10.5 Å². The van der Waals surface area contributed by atoms with Gasteiger partial charge in [-0.2, -0.15) is 15.4 Å². The minimum atomic E-state index is 0.452. The monoisotopic (exact) mass is 182 g/mol. The first kappa shape index (κ1) is 7.04. The molecule has 0 atom stereocenters. The van der Waals surface area contributed by atoms with Crippen LogP contribution in [0.1, 0.15) is 0 Å². The average Bonchev–Trinajstić information content (AvgIpc) is 2.61. The maximum atomic E-state index is 5.47. The van der Waals surface area contributed by atoms with Gasteiger partial charge in [0.25, 0.3) is 0 Å². The maximum absolute atomic E-state index is 5.47. The van der Waals surface area contributed by atoms with Crippen LogP contribution in [0.5, 0.6) is 0 Å². The van der Waals surface area contributed by atoms with Crippen LogP contribution >= 0.6 is 12.2 Å². The molecule has 0 unspecified atom stereocenters. The Morgan fingerprint density at radius 1 is 1.58 bits per heavy atom. The first-order valence-corrected chi connectivity index (χ1v) is 3.61. The predicted octanol–water partition coefficient (Wildman–Crippen LogP) is 0.0446. The highest BCUT2D eigenvalue weighted by molar-refractivity contribution is 7.71. The summed E-state index contributed by atoms with van der Waals surface area (Å²) < 4.78 is 1.77. The average molecular weight is 182 g/mol. The normalized spacial score (nSPS) is 10.3. The van der Waals surface area contributed by atoms with Crippen molar-refractivity contribution in [3.8, 4) is 11.4 Å². The highest BCUT2D eigenvalue weighted by Gasteiger charge is 2.02. The number of hydrogen-bond donors (Lipinski definition) is 3. The second-order valence-electron chi connectivity index (χ2n) is 2.24. The molecule has 2 aromatic heterocycles. The zero-order chi connectivity index (χ0) is 8.55. The van der Waals surface area contributed by atoms with Crippen molar-refractivity contribution in [3.05, 3.63) is 17.2 Å². The smallest absolute Gasteiger partial charge is 0.196 e. The highest BCUT2D eigenvalue weighted by Crippen LogP contribution is 2.10.